The summed E-state index contributed by atoms with van der Waals surface area (Å²) in [6.07, 6.45) is 6.20. The predicted octanol–water partition coefficient (Wildman–Crippen LogP) is 1.47. The van der Waals surface area contributed by atoms with Gasteiger partial charge in [-0.3, -0.25) is 4.79 Å². The molecule has 0 spiro atoms. The van der Waals surface area contributed by atoms with Gasteiger partial charge in [0, 0.05) is 26.9 Å². The molecule has 2 fully saturated rings. The summed E-state index contributed by atoms with van der Waals surface area (Å²) in [6, 6.07) is 0. The molecule has 1 amide bonds. The first-order valence-electron chi connectivity index (χ1n) is 8.28. The van der Waals surface area contributed by atoms with Crippen LogP contribution in [0.3, 0.4) is 0 Å². The lowest BCUT2D eigenvalue weighted by Gasteiger charge is -2.43. The van der Waals surface area contributed by atoms with E-state index in [4.69, 9.17) is 9.47 Å². The SMILES string of the molecule is CCOCCC1(CNC(=O)C2(OC)CCNCC2)CCC1. The molecule has 0 unspecified atom stereocenters. The number of amides is 1. The molecule has 1 aliphatic heterocycles. The highest BCUT2D eigenvalue weighted by Crippen LogP contribution is 2.43. The van der Waals surface area contributed by atoms with Gasteiger partial charge in [0.05, 0.1) is 0 Å². The third-order valence-electron chi connectivity index (χ3n) is 5.23. The van der Waals surface area contributed by atoms with Crippen LogP contribution in [0.5, 0.6) is 0 Å². The number of hydrogen-bond donors (Lipinski definition) is 2. The number of carbonyl (C=O) groups excluding carboxylic acids is 1. The van der Waals surface area contributed by atoms with Crippen molar-refractivity contribution < 1.29 is 14.3 Å². The van der Waals surface area contributed by atoms with Gasteiger partial charge in [0.1, 0.15) is 5.60 Å². The summed E-state index contributed by atoms with van der Waals surface area (Å²) < 4.78 is 11.1. The minimum absolute atomic E-state index is 0.0641. The summed E-state index contributed by atoms with van der Waals surface area (Å²) >= 11 is 0. The molecule has 0 radical (unpaired) electrons. The largest absolute Gasteiger partial charge is 0.382 e. The fourth-order valence-corrected chi connectivity index (χ4v) is 3.41. The van der Waals surface area contributed by atoms with Crippen molar-refractivity contribution in [3.8, 4) is 0 Å². The molecule has 122 valence electrons. The molecule has 2 aliphatic rings. The second-order valence-corrected chi connectivity index (χ2v) is 6.43. The van der Waals surface area contributed by atoms with Crippen LogP contribution in [-0.4, -0.2) is 51.5 Å². The summed E-state index contributed by atoms with van der Waals surface area (Å²) in [4.78, 5) is 12.6. The number of ether oxygens (including phenoxy) is 2. The van der Waals surface area contributed by atoms with Crippen molar-refractivity contribution in [1.82, 2.24) is 10.6 Å². The number of methoxy groups -OCH3 is 1. The third-order valence-corrected chi connectivity index (χ3v) is 5.23. The second kappa shape index (κ2) is 7.56. The summed E-state index contributed by atoms with van der Waals surface area (Å²) in [6.45, 7) is 6.04. The molecule has 21 heavy (non-hydrogen) atoms. The number of piperidine rings is 1. The van der Waals surface area contributed by atoms with E-state index in [0.717, 1.165) is 52.1 Å². The van der Waals surface area contributed by atoms with Crippen molar-refractivity contribution in [3.63, 3.8) is 0 Å². The van der Waals surface area contributed by atoms with Crippen LogP contribution in [0.2, 0.25) is 0 Å². The molecule has 2 N–H and O–H groups in total. The Hall–Kier alpha value is -0.650. The van der Waals surface area contributed by atoms with Gasteiger partial charge in [0.2, 0.25) is 0 Å². The van der Waals surface area contributed by atoms with Gasteiger partial charge in [-0.2, -0.15) is 0 Å². The molecule has 0 aromatic rings. The van der Waals surface area contributed by atoms with E-state index in [0.29, 0.717) is 0 Å². The van der Waals surface area contributed by atoms with Crippen LogP contribution in [0.4, 0.5) is 0 Å². The Morgan fingerprint density at radius 2 is 1.95 bits per heavy atom. The van der Waals surface area contributed by atoms with Gasteiger partial charge < -0.3 is 20.1 Å². The van der Waals surface area contributed by atoms with Gasteiger partial charge in [-0.15, -0.1) is 0 Å². The zero-order chi connectivity index (χ0) is 15.2. The predicted molar refractivity (Wildman–Crippen MR) is 82.2 cm³/mol. The molecule has 0 atom stereocenters. The summed E-state index contributed by atoms with van der Waals surface area (Å²) in [5.41, 5.74) is -0.372. The lowest BCUT2D eigenvalue weighted by Crippen LogP contribution is -2.56. The van der Waals surface area contributed by atoms with Gasteiger partial charge in [-0.25, -0.2) is 0 Å². The Balaban J connectivity index is 1.83. The third kappa shape index (κ3) is 3.96. The first-order valence-corrected chi connectivity index (χ1v) is 8.28. The maximum absolute atomic E-state index is 12.6. The topological polar surface area (TPSA) is 59.6 Å². The van der Waals surface area contributed by atoms with Gasteiger partial charge in [0.15, 0.2) is 0 Å². The zero-order valence-electron chi connectivity index (χ0n) is 13.5. The van der Waals surface area contributed by atoms with E-state index in [-0.39, 0.29) is 11.3 Å². The van der Waals surface area contributed by atoms with E-state index in [2.05, 4.69) is 10.6 Å². The van der Waals surface area contributed by atoms with E-state index in [1.807, 2.05) is 6.92 Å². The maximum Gasteiger partial charge on any atom is 0.252 e. The Morgan fingerprint density at radius 3 is 2.48 bits per heavy atom. The number of carbonyl (C=O) groups is 1. The fourth-order valence-electron chi connectivity index (χ4n) is 3.41. The lowest BCUT2D eigenvalue weighted by atomic mass is 9.66. The summed E-state index contributed by atoms with van der Waals surface area (Å²) in [5, 5.41) is 6.45. The van der Waals surface area contributed by atoms with Crippen LogP contribution in [0.1, 0.15) is 45.4 Å². The average Bonchev–Trinajstić information content (AvgIpc) is 2.49. The monoisotopic (exact) mass is 298 g/mol. The van der Waals surface area contributed by atoms with Crippen LogP contribution in [0.15, 0.2) is 0 Å². The molecule has 0 aromatic carbocycles. The molecule has 2 rings (SSSR count). The fraction of sp³-hybridized carbons (Fsp3) is 0.938. The van der Waals surface area contributed by atoms with E-state index in [9.17, 15) is 4.79 Å². The molecule has 0 aromatic heterocycles. The quantitative estimate of drug-likeness (QED) is 0.666. The van der Waals surface area contributed by atoms with Gasteiger partial charge in [0.25, 0.3) is 5.91 Å². The van der Waals surface area contributed by atoms with Crippen molar-refractivity contribution in [2.75, 3.05) is 40.0 Å². The van der Waals surface area contributed by atoms with E-state index in [1.54, 1.807) is 7.11 Å². The summed E-state index contributed by atoms with van der Waals surface area (Å²) in [7, 11) is 1.65. The van der Waals surface area contributed by atoms with Crippen LogP contribution < -0.4 is 10.6 Å². The van der Waals surface area contributed by atoms with Crippen LogP contribution in [0, 0.1) is 5.41 Å². The van der Waals surface area contributed by atoms with Crippen molar-refractivity contribution >= 4 is 5.91 Å². The maximum atomic E-state index is 12.6. The Morgan fingerprint density at radius 1 is 1.24 bits per heavy atom. The molecule has 1 saturated carbocycles. The minimum atomic E-state index is -0.629. The molecular weight excluding hydrogens is 268 g/mol. The van der Waals surface area contributed by atoms with E-state index < -0.39 is 5.60 Å². The van der Waals surface area contributed by atoms with Crippen LogP contribution >= 0.6 is 0 Å². The number of rotatable bonds is 8. The Kier molecular flexibility index (Phi) is 6.02. The molecule has 5 heteroatoms. The first-order chi connectivity index (χ1) is 10.2. The average molecular weight is 298 g/mol. The highest BCUT2D eigenvalue weighted by Gasteiger charge is 2.42. The molecule has 1 heterocycles. The molecule has 5 nitrogen and oxygen atoms in total. The normalized spacial score (nSPS) is 23.3. The van der Waals surface area contributed by atoms with Crippen molar-refractivity contribution in [2.45, 2.75) is 51.0 Å². The van der Waals surface area contributed by atoms with Crippen LogP contribution in [-0.2, 0) is 14.3 Å². The van der Waals surface area contributed by atoms with E-state index >= 15 is 0 Å². The van der Waals surface area contributed by atoms with Crippen molar-refractivity contribution in [3.05, 3.63) is 0 Å². The smallest absolute Gasteiger partial charge is 0.252 e. The molecular formula is C16H30N2O3. The Bertz CT molecular complexity index is 336. The van der Waals surface area contributed by atoms with Gasteiger partial charge in [-0.1, -0.05) is 6.42 Å². The van der Waals surface area contributed by atoms with E-state index in [1.165, 1.54) is 19.3 Å². The van der Waals surface area contributed by atoms with Crippen LogP contribution in [0.25, 0.3) is 0 Å². The first kappa shape index (κ1) is 16.7. The molecule has 1 aliphatic carbocycles. The number of hydrogen-bond acceptors (Lipinski definition) is 4. The summed E-state index contributed by atoms with van der Waals surface area (Å²) in [5.74, 6) is 0.0641. The molecule has 1 saturated heterocycles. The molecule has 0 bridgehead atoms. The minimum Gasteiger partial charge on any atom is -0.382 e. The van der Waals surface area contributed by atoms with Crippen molar-refractivity contribution in [1.29, 1.82) is 0 Å². The second-order valence-electron chi connectivity index (χ2n) is 6.43. The standard InChI is InChI=1S/C16H30N2O3/c1-3-21-12-9-15(5-4-6-15)13-18-14(19)16(20-2)7-10-17-11-8-16/h17H,3-13H2,1-2H3,(H,18,19). The van der Waals surface area contributed by atoms with Gasteiger partial charge >= 0.3 is 0 Å². The Labute approximate surface area is 128 Å². The van der Waals surface area contributed by atoms with Gasteiger partial charge in [-0.05, 0) is 57.5 Å². The van der Waals surface area contributed by atoms with Crippen molar-refractivity contribution in [2.24, 2.45) is 5.41 Å². The number of nitrogens with one attached hydrogen (secondary N) is 2. The zero-order valence-corrected chi connectivity index (χ0v) is 13.5. The highest BCUT2D eigenvalue weighted by molar-refractivity contribution is 5.85. The lowest BCUT2D eigenvalue weighted by molar-refractivity contribution is -0.147. The highest BCUT2D eigenvalue weighted by atomic mass is 16.5.